The number of anilines is 2. The summed E-state index contributed by atoms with van der Waals surface area (Å²) in [6, 6.07) is 7.55. The lowest BCUT2D eigenvalue weighted by atomic mass is 9.97. The maximum Gasteiger partial charge on any atom is 0.407 e. The number of carbonyl (C=O) groups excluding carboxylic acids is 1. The molecular weight excluding hydrogens is 608 g/mol. The second kappa shape index (κ2) is 11.3. The lowest BCUT2D eigenvalue weighted by molar-refractivity contribution is -0.132. The molecule has 2 aliphatic rings. The summed E-state index contributed by atoms with van der Waals surface area (Å²) in [6.45, 7) is 0.863. The Hall–Kier alpha value is -4.72. The molecule has 4 aromatic rings. The summed E-state index contributed by atoms with van der Waals surface area (Å²) in [5.74, 6) is -2.05. The number of fused-ring (bicyclic) bond motifs is 2. The number of aromatic nitrogens is 2. The number of nitrogens with one attached hydrogen (secondary N) is 1. The van der Waals surface area contributed by atoms with E-state index in [9.17, 15) is 32.3 Å². The molecule has 0 saturated carbocycles. The van der Waals surface area contributed by atoms with Gasteiger partial charge in [0.15, 0.2) is 9.84 Å². The van der Waals surface area contributed by atoms with Gasteiger partial charge < -0.3 is 29.4 Å². The van der Waals surface area contributed by atoms with Gasteiger partial charge in [-0.1, -0.05) is 6.07 Å². The number of H-pyrrole nitrogens is 1. The van der Waals surface area contributed by atoms with Crippen LogP contribution in [0.4, 0.5) is 25.0 Å². The number of aromatic amines is 1. The van der Waals surface area contributed by atoms with E-state index in [2.05, 4.69) is 4.98 Å². The Balaban J connectivity index is 1.51. The predicted octanol–water partition coefficient (Wildman–Crippen LogP) is 4.15. The van der Waals surface area contributed by atoms with Crippen LogP contribution in [-0.4, -0.2) is 77.3 Å². The first kappa shape index (κ1) is 30.3. The van der Waals surface area contributed by atoms with Crippen LogP contribution in [-0.2, 0) is 27.4 Å². The summed E-state index contributed by atoms with van der Waals surface area (Å²) in [4.78, 5) is 45.6. The molecule has 0 bridgehead atoms. The van der Waals surface area contributed by atoms with E-state index in [1.165, 1.54) is 15.5 Å². The number of piperazine rings is 1. The topological polar surface area (TPSA) is 136 Å². The van der Waals surface area contributed by atoms with Crippen LogP contribution in [0.2, 0.25) is 0 Å². The fourth-order valence-corrected chi connectivity index (χ4v) is 7.18. The molecule has 1 atom stereocenters. The molecule has 236 valence electrons. The Labute approximate surface area is 257 Å². The Morgan fingerprint density at radius 1 is 1.00 bits per heavy atom. The predicted molar refractivity (Wildman–Crippen MR) is 164 cm³/mol. The van der Waals surface area contributed by atoms with Gasteiger partial charge in [-0.25, -0.2) is 22.0 Å². The van der Waals surface area contributed by atoms with E-state index in [1.54, 1.807) is 47.4 Å². The van der Waals surface area contributed by atoms with E-state index in [0.29, 0.717) is 38.8 Å². The van der Waals surface area contributed by atoms with Gasteiger partial charge in [0.1, 0.15) is 17.2 Å². The maximum atomic E-state index is 15.7. The number of amides is 2. The van der Waals surface area contributed by atoms with Crippen LogP contribution in [0.5, 0.6) is 0 Å². The summed E-state index contributed by atoms with van der Waals surface area (Å²) in [5, 5.41) is 9.83. The van der Waals surface area contributed by atoms with Crippen molar-refractivity contribution in [3.8, 4) is 11.1 Å². The van der Waals surface area contributed by atoms with Crippen LogP contribution in [0.3, 0.4) is 0 Å². The Morgan fingerprint density at radius 2 is 1.69 bits per heavy atom. The highest BCUT2D eigenvalue weighted by molar-refractivity contribution is 7.89. The number of halogens is 2. The highest BCUT2D eigenvalue weighted by Gasteiger charge is 2.35. The molecule has 14 heteroatoms. The number of aryl methyl sites for hydroxylation is 1. The van der Waals surface area contributed by atoms with Crippen LogP contribution in [0.15, 0.2) is 53.6 Å². The van der Waals surface area contributed by atoms with Crippen LogP contribution in [0.25, 0.3) is 22.0 Å². The number of pyridine rings is 1. The van der Waals surface area contributed by atoms with Gasteiger partial charge in [0.25, 0.3) is 5.56 Å². The number of rotatable bonds is 6. The lowest BCUT2D eigenvalue weighted by Gasteiger charge is -2.36. The van der Waals surface area contributed by atoms with E-state index in [-0.39, 0.29) is 61.9 Å². The van der Waals surface area contributed by atoms with Crippen molar-refractivity contribution in [2.75, 3.05) is 37.3 Å². The van der Waals surface area contributed by atoms with Gasteiger partial charge in [-0.2, -0.15) is 0 Å². The molecule has 6 rings (SSSR count). The molecule has 11 nitrogen and oxygen atoms in total. The van der Waals surface area contributed by atoms with Crippen LogP contribution in [0, 0.1) is 11.6 Å². The van der Waals surface area contributed by atoms with Crippen molar-refractivity contribution >= 4 is 44.1 Å². The molecule has 0 radical (unpaired) electrons. The molecule has 1 unspecified atom stereocenters. The average molecular weight is 640 g/mol. The molecule has 2 aromatic heterocycles. The van der Waals surface area contributed by atoms with Gasteiger partial charge in [0, 0.05) is 92.1 Å². The van der Waals surface area contributed by atoms with Gasteiger partial charge in [-0.05, 0) is 36.2 Å². The molecule has 0 aliphatic carbocycles. The SMILES string of the molecule is Cn1cc2c3c(c[nH]c3c1=O)C(CCC(=O)N1CCN(C(=O)O)CC1)N(c1ccc(F)cc1F)c1ccc(CS(C)(=O)=O)cc1-2. The largest absolute Gasteiger partial charge is 0.465 e. The molecule has 0 spiro atoms. The minimum Gasteiger partial charge on any atom is -0.465 e. The van der Waals surface area contributed by atoms with Crippen molar-refractivity contribution in [1.29, 1.82) is 0 Å². The van der Waals surface area contributed by atoms with E-state index in [0.717, 1.165) is 18.4 Å². The van der Waals surface area contributed by atoms with Crippen molar-refractivity contribution in [2.24, 2.45) is 7.05 Å². The first-order chi connectivity index (χ1) is 21.3. The third-order valence-electron chi connectivity index (χ3n) is 8.45. The minimum atomic E-state index is -3.41. The second-order valence-electron chi connectivity index (χ2n) is 11.5. The summed E-state index contributed by atoms with van der Waals surface area (Å²) < 4.78 is 55.6. The molecule has 2 N–H and O–H groups in total. The first-order valence-corrected chi connectivity index (χ1v) is 16.4. The summed E-state index contributed by atoms with van der Waals surface area (Å²) >= 11 is 0. The van der Waals surface area contributed by atoms with Crippen molar-refractivity contribution in [2.45, 2.75) is 24.6 Å². The van der Waals surface area contributed by atoms with E-state index in [4.69, 9.17) is 0 Å². The lowest BCUT2D eigenvalue weighted by Crippen LogP contribution is -2.50. The quantitative estimate of drug-likeness (QED) is 0.324. The standard InChI is InChI=1S/C31H31F2N5O6S/c1-35-16-22-20-13-18(17-45(2,43)44)3-5-24(20)38(26-6-4-19(32)14-23(26)33)25(21-15-34-29(28(21)22)30(35)40)7-8-27(39)36-9-11-37(12-10-36)31(41)42/h3-6,13-16,25,34H,7-12,17H2,1-2H3,(H,41,42). The monoisotopic (exact) mass is 639 g/mol. The second-order valence-corrected chi connectivity index (χ2v) is 13.7. The molecule has 2 aliphatic heterocycles. The fourth-order valence-electron chi connectivity index (χ4n) is 6.39. The van der Waals surface area contributed by atoms with Gasteiger partial charge >= 0.3 is 6.09 Å². The van der Waals surface area contributed by atoms with Crippen molar-refractivity contribution in [1.82, 2.24) is 19.4 Å². The van der Waals surface area contributed by atoms with Crippen molar-refractivity contribution in [3.05, 3.63) is 81.9 Å². The van der Waals surface area contributed by atoms with Crippen LogP contribution < -0.4 is 10.5 Å². The summed E-state index contributed by atoms with van der Waals surface area (Å²) in [6.07, 6.45) is 3.58. The highest BCUT2D eigenvalue weighted by atomic mass is 32.2. The normalized spacial score (nSPS) is 16.5. The van der Waals surface area contributed by atoms with Crippen molar-refractivity contribution < 1.29 is 31.9 Å². The average Bonchev–Trinajstić information content (AvgIpc) is 3.38. The Morgan fingerprint density at radius 3 is 2.36 bits per heavy atom. The minimum absolute atomic E-state index is 0.0192. The molecule has 2 amide bonds. The number of hydrogen-bond acceptors (Lipinski definition) is 6. The summed E-state index contributed by atoms with van der Waals surface area (Å²) in [7, 11) is -1.81. The van der Waals surface area contributed by atoms with E-state index in [1.807, 2.05) is 0 Å². The third kappa shape index (κ3) is 5.65. The molecule has 2 aromatic carbocycles. The zero-order chi connectivity index (χ0) is 32.2. The smallest absolute Gasteiger partial charge is 0.407 e. The van der Waals surface area contributed by atoms with Crippen LogP contribution in [0.1, 0.15) is 30.0 Å². The number of carbonyl (C=O) groups is 2. The highest BCUT2D eigenvalue weighted by Crippen LogP contribution is 2.50. The molecular formula is C31H31F2N5O6S. The Bertz CT molecular complexity index is 2020. The summed E-state index contributed by atoms with van der Waals surface area (Å²) in [5.41, 5.74) is 2.78. The zero-order valence-electron chi connectivity index (χ0n) is 24.6. The first-order valence-electron chi connectivity index (χ1n) is 14.3. The zero-order valence-corrected chi connectivity index (χ0v) is 25.4. The third-order valence-corrected chi connectivity index (χ3v) is 9.31. The van der Waals surface area contributed by atoms with E-state index < -0.39 is 33.6 Å². The van der Waals surface area contributed by atoms with E-state index >= 15 is 4.39 Å². The van der Waals surface area contributed by atoms with Crippen LogP contribution >= 0.6 is 0 Å². The van der Waals surface area contributed by atoms with Crippen molar-refractivity contribution in [3.63, 3.8) is 0 Å². The molecule has 45 heavy (non-hydrogen) atoms. The van der Waals surface area contributed by atoms with Gasteiger partial charge in [0.2, 0.25) is 5.91 Å². The number of benzene rings is 2. The molecule has 4 heterocycles. The number of carboxylic acid groups (broad SMARTS) is 1. The number of hydrogen-bond donors (Lipinski definition) is 2. The number of sulfone groups is 1. The fraction of sp³-hybridized carbons (Fsp3) is 0.323. The molecule has 1 fully saturated rings. The molecule has 1 saturated heterocycles. The van der Waals surface area contributed by atoms with Gasteiger partial charge in [-0.15, -0.1) is 0 Å². The maximum absolute atomic E-state index is 15.7. The number of nitrogens with zero attached hydrogens (tertiary/aromatic N) is 4. The Kier molecular flexibility index (Phi) is 7.63. The van der Waals surface area contributed by atoms with Gasteiger partial charge in [0.05, 0.1) is 17.5 Å². The van der Waals surface area contributed by atoms with Gasteiger partial charge in [-0.3, -0.25) is 9.59 Å².